The lowest BCUT2D eigenvalue weighted by atomic mass is 10.2. The van der Waals surface area contributed by atoms with Gasteiger partial charge >= 0.3 is 0 Å². The van der Waals surface area contributed by atoms with Gasteiger partial charge < -0.3 is 0 Å². The molecule has 0 radical (unpaired) electrons. The predicted octanol–water partition coefficient (Wildman–Crippen LogP) is 3.71. The van der Waals surface area contributed by atoms with Crippen molar-refractivity contribution in [1.82, 2.24) is 0 Å². The van der Waals surface area contributed by atoms with Gasteiger partial charge in [-0.25, -0.2) is 16.8 Å². The number of anilines is 1. The molecule has 10 heteroatoms. The minimum atomic E-state index is -4.00. The highest BCUT2D eigenvalue weighted by molar-refractivity contribution is 8.13. The second kappa shape index (κ2) is 6.91. The van der Waals surface area contributed by atoms with E-state index in [4.69, 9.17) is 33.9 Å². The third kappa shape index (κ3) is 5.83. The van der Waals surface area contributed by atoms with Crippen LogP contribution in [0.4, 0.5) is 5.69 Å². The fourth-order valence-corrected chi connectivity index (χ4v) is 4.41. The molecule has 0 aliphatic heterocycles. The Morgan fingerprint density at radius 2 is 1.57 bits per heavy atom. The van der Waals surface area contributed by atoms with Crippen LogP contribution in [0, 0.1) is 5.92 Å². The molecular formula is C11H14Cl3NO4S2. The van der Waals surface area contributed by atoms with Gasteiger partial charge in [0.15, 0.2) is 0 Å². The monoisotopic (exact) mass is 393 g/mol. The minimum Gasteiger partial charge on any atom is -0.281 e. The number of benzene rings is 1. The molecule has 0 aromatic heterocycles. The van der Waals surface area contributed by atoms with Crippen molar-refractivity contribution in [1.29, 1.82) is 0 Å². The van der Waals surface area contributed by atoms with E-state index < -0.39 is 19.1 Å². The van der Waals surface area contributed by atoms with Gasteiger partial charge in [-0.15, -0.1) is 0 Å². The standard InChI is InChI=1S/C11H14Cl3NO4S2/c1-7(2)3-4-20(16,17)15-11-9(12)5-8(6-10(11)13)21(14,18)19/h5-7,15H,3-4H2,1-2H3. The van der Waals surface area contributed by atoms with E-state index in [-0.39, 0.29) is 32.3 Å². The van der Waals surface area contributed by atoms with E-state index in [0.29, 0.717) is 6.42 Å². The average molecular weight is 395 g/mol. The summed E-state index contributed by atoms with van der Waals surface area (Å²) < 4.78 is 48.5. The van der Waals surface area contributed by atoms with E-state index in [9.17, 15) is 16.8 Å². The molecule has 0 bridgehead atoms. The number of rotatable bonds is 6. The summed E-state index contributed by atoms with van der Waals surface area (Å²) in [7, 11) is -2.44. The Kier molecular flexibility index (Phi) is 6.20. The van der Waals surface area contributed by atoms with Crippen molar-refractivity contribution in [2.24, 2.45) is 5.92 Å². The summed E-state index contributed by atoms with van der Waals surface area (Å²) in [6.07, 6.45) is 0.471. The SMILES string of the molecule is CC(C)CCS(=O)(=O)Nc1c(Cl)cc(S(=O)(=O)Cl)cc1Cl. The number of hydrogen-bond acceptors (Lipinski definition) is 4. The summed E-state index contributed by atoms with van der Waals surface area (Å²) in [5.74, 6) is 0.128. The van der Waals surface area contributed by atoms with Crippen molar-refractivity contribution in [2.45, 2.75) is 25.2 Å². The highest BCUT2D eigenvalue weighted by atomic mass is 35.7. The van der Waals surface area contributed by atoms with Gasteiger partial charge in [-0.3, -0.25) is 4.72 Å². The van der Waals surface area contributed by atoms with Gasteiger partial charge in [0.1, 0.15) is 0 Å². The van der Waals surface area contributed by atoms with E-state index in [1.54, 1.807) is 0 Å². The summed E-state index contributed by atoms with van der Waals surface area (Å²) in [6, 6.07) is 2.08. The first kappa shape index (κ1) is 18.8. The topological polar surface area (TPSA) is 80.3 Å². The molecule has 0 aliphatic carbocycles. The van der Waals surface area contributed by atoms with Crippen molar-refractivity contribution >= 4 is 58.6 Å². The molecule has 0 heterocycles. The Hall–Kier alpha value is -0.210. The van der Waals surface area contributed by atoms with Gasteiger partial charge in [-0.2, -0.15) is 0 Å². The summed E-state index contributed by atoms with van der Waals surface area (Å²) in [5, 5.41) is -0.287. The number of hydrogen-bond donors (Lipinski definition) is 1. The Morgan fingerprint density at radius 3 is 1.95 bits per heavy atom. The number of sulfonamides is 1. The molecule has 1 N–H and O–H groups in total. The van der Waals surface area contributed by atoms with Crippen LogP contribution in [0.2, 0.25) is 10.0 Å². The molecule has 5 nitrogen and oxygen atoms in total. The molecule has 1 aromatic carbocycles. The molecule has 0 atom stereocenters. The largest absolute Gasteiger partial charge is 0.281 e. The summed E-state index contributed by atoms with van der Waals surface area (Å²) in [6.45, 7) is 3.80. The molecule has 0 saturated heterocycles. The lowest BCUT2D eigenvalue weighted by Gasteiger charge is -2.13. The van der Waals surface area contributed by atoms with Gasteiger partial charge in [0.25, 0.3) is 9.05 Å². The zero-order valence-corrected chi connectivity index (χ0v) is 15.1. The zero-order chi connectivity index (χ0) is 16.4. The van der Waals surface area contributed by atoms with Crippen molar-refractivity contribution < 1.29 is 16.8 Å². The number of nitrogens with one attached hydrogen (secondary N) is 1. The van der Waals surface area contributed by atoms with Crippen LogP contribution in [0.25, 0.3) is 0 Å². The average Bonchev–Trinajstić information content (AvgIpc) is 2.30. The van der Waals surface area contributed by atoms with Crippen LogP contribution < -0.4 is 4.72 Å². The third-order valence-corrected chi connectivity index (χ3v) is 5.74. The van der Waals surface area contributed by atoms with Crippen LogP contribution in [-0.4, -0.2) is 22.6 Å². The Labute approximate surface area is 139 Å². The van der Waals surface area contributed by atoms with Gasteiger partial charge in [0.2, 0.25) is 10.0 Å². The molecule has 0 unspecified atom stereocenters. The maximum absolute atomic E-state index is 11.9. The fraction of sp³-hybridized carbons (Fsp3) is 0.455. The van der Waals surface area contributed by atoms with Crippen LogP contribution in [0.15, 0.2) is 17.0 Å². The maximum Gasteiger partial charge on any atom is 0.261 e. The van der Waals surface area contributed by atoms with Gasteiger partial charge in [-0.05, 0) is 24.5 Å². The Balaban J connectivity index is 3.11. The molecule has 0 amide bonds. The Morgan fingerprint density at radius 1 is 1.10 bits per heavy atom. The fourth-order valence-electron chi connectivity index (χ4n) is 1.39. The molecule has 0 aliphatic rings. The summed E-state index contributed by atoms with van der Waals surface area (Å²) >= 11 is 11.8. The molecule has 1 aromatic rings. The molecule has 0 saturated carbocycles. The lowest BCUT2D eigenvalue weighted by Crippen LogP contribution is -2.18. The summed E-state index contributed by atoms with van der Waals surface area (Å²) in [5.41, 5.74) is -0.0637. The van der Waals surface area contributed by atoms with Crippen LogP contribution in [0.5, 0.6) is 0 Å². The minimum absolute atomic E-state index is 0.0637. The zero-order valence-electron chi connectivity index (χ0n) is 11.2. The molecule has 0 fully saturated rings. The molecule has 120 valence electrons. The van der Waals surface area contributed by atoms with Gasteiger partial charge in [-0.1, -0.05) is 37.0 Å². The molecule has 0 spiro atoms. The van der Waals surface area contributed by atoms with Crippen LogP contribution in [0.1, 0.15) is 20.3 Å². The van der Waals surface area contributed by atoms with E-state index >= 15 is 0 Å². The van der Waals surface area contributed by atoms with Crippen LogP contribution in [-0.2, 0) is 19.1 Å². The quantitative estimate of drug-likeness (QED) is 0.746. The van der Waals surface area contributed by atoms with Crippen molar-refractivity contribution in [2.75, 3.05) is 10.5 Å². The van der Waals surface area contributed by atoms with E-state index in [1.165, 1.54) is 0 Å². The summed E-state index contributed by atoms with van der Waals surface area (Å²) in [4.78, 5) is -0.302. The van der Waals surface area contributed by atoms with Crippen molar-refractivity contribution in [3.05, 3.63) is 22.2 Å². The highest BCUT2D eigenvalue weighted by Crippen LogP contribution is 2.35. The first-order valence-electron chi connectivity index (χ1n) is 5.86. The molecule has 21 heavy (non-hydrogen) atoms. The normalized spacial score (nSPS) is 12.7. The molecular weight excluding hydrogens is 381 g/mol. The van der Waals surface area contributed by atoms with Gasteiger partial charge in [0, 0.05) is 10.7 Å². The van der Waals surface area contributed by atoms with Crippen molar-refractivity contribution in [3.8, 4) is 0 Å². The second-order valence-corrected chi connectivity index (χ2v) is 10.0. The first-order chi connectivity index (χ1) is 9.42. The highest BCUT2D eigenvalue weighted by Gasteiger charge is 2.20. The van der Waals surface area contributed by atoms with Crippen LogP contribution in [0.3, 0.4) is 0 Å². The van der Waals surface area contributed by atoms with Gasteiger partial charge in [0.05, 0.1) is 26.4 Å². The smallest absolute Gasteiger partial charge is 0.261 e. The van der Waals surface area contributed by atoms with Crippen LogP contribution >= 0.6 is 33.9 Å². The lowest BCUT2D eigenvalue weighted by molar-refractivity contribution is 0.578. The molecule has 1 rings (SSSR count). The number of halogens is 3. The predicted molar refractivity (Wildman–Crippen MR) is 86.4 cm³/mol. The van der Waals surface area contributed by atoms with E-state index in [0.717, 1.165) is 12.1 Å². The van der Waals surface area contributed by atoms with E-state index in [1.807, 2.05) is 13.8 Å². The third-order valence-electron chi connectivity index (χ3n) is 2.52. The second-order valence-electron chi connectivity index (χ2n) is 4.80. The first-order valence-corrected chi connectivity index (χ1v) is 10.6. The van der Waals surface area contributed by atoms with E-state index in [2.05, 4.69) is 4.72 Å². The Bertz CT molecular complexity index is 707. The van der Waals surface area contributed by atoms with Crippen molar-refractivity contribution in [3.63, 3.8) is 0 Å². The maximum atomic E-state index is 11.9.